The van der Waals surface area contributed by atoms with Gasteiger partial charge in [0.1, 0.15) is 5.82 Å². The predicted octanol–water partition coefficient (Wildman–Crippen LogP) is 3.31. The molecule has 0 saturated heterocycles. The SMILES string of the molecule is CCCCN(CCO)c1cccc(F)c1CNC(C)(C)C. The summed E-state index contributed by atoms with van der Waals surface area (Å²) in [4.78, 5) is 2.08. The first-order chi connectivity index (χ1) is 9.89. The summed E-state index contributed by atoms with van der Waals surface area (Å²) in [6, 6.07) is 5.18. The molecule has 0 bridgehead atoms. The molecule has 0 aromatic heterocycles. The molecule has 0 unspecified atom stereocenters. The molecule has 1 aromatic rings. The van der Waals surface area contributed by atoms with Crippen molar-refractivity contribution >= 4 is 5.69 Å². The third-order valence-corrected chi connectivity index (χ3v) is 3.38. The average Bonchev–Trinajstić information content (AvgIpc) is 2.41. The maximum absolute atomic E-state index is 14.2. The first-order valence-corrected chi connectivity index (χ1v) is 7.77. The Morgan fingerprint density at radius 1 is 1.24 bits per heavy atom. The molecule has 0 fully saturated rings. The zero-order valence-electron chi connectivity index (χ0n) is 13.7. The highest BCUT2D eigenvalue weighted by molar-refractivity contribution is 5.54. The fourth-order valence-corrected chi connectivity index (χ4v) is 2.19. The Kier molecular flexibility index (Phi) is 7.12. The predicted molar refractivity (Wildman–Crippen MR) is 87.2 cm³/mol. The van der Waals surface area contributed by atoms with E-state index < -0.39 is 0 Å². The van der Waals surface area contributed by atoms with Crippen LogP contribution in [0.25, 0.3) is 0 Å². The fourth-order valence-electron chi connectivity index (χ4n) is 2.19. The Morgan fingerprint density at radius 2 is 1.95 bits per heavy atom. The fraction of sp³-hybridized carbons (Fsp3) is 0.647. The Bertz CT molecular complexity index is 429. The molecule has 0 amide bonds. The topological polar surface area (TPSA) is 35.5 Å². The van der Waals surface area contributed by atoms with Gasteiger partial charge in [0.25, 0.3) is 0 Å². The van der Waals surface area contributed by atoms with E-state index in [-0.39, 0.29) is 18.0 Å². The minimum Gasteiger partial charge on any atom is -0.395 e. The van der Waals surface area contributed by atoms with Crippen LogP contribution in [0.2, 0.25) is 0 Å². The standard InChI is InChI=1S/C17H29FN2O/c1-5-6-10-20(11-12-21)16-9-7-8-15(18)14(16)13-19-17(2,3)4/h7-9,19,21H,5-6,10-13H2,1-4H3. The summed E-state index contributed by atoms with van der Waals surface area (Å²) in [6.07, 6.45) is 2.11. The van der Waals surface area contributed by atoms with Gasteiger partial charge in [0, 0.05) is 36.4 Å². The van der Waals surface area contributed by atoms with E-state index >= 15 is 0 Å². The minimum absolute atomic E-state index is 0.0647. The summed E-state index contributed by atoms with van der Waals surface area (Å²) in [5, 5.41) is 12.6. The van der Waals surface area contributed by atoms with Crippen LogP contribution in [0.4, 0.5) is 10.1 Å². The summed E-state index contributed by atoms with van der Waals surface area (Å²) in [5.74, 6) is -0.191. The summed E-state index contributed by atoms with van der Waals surface area (Å²) >= 11 is 0. The molecule has 0 aliphatic rings. The van der Waals surface area contributed by atoms with Crippen molar-refractivity contribution in [1.29, 1.82) is 0 Å². The van der Waals surface area contributed by atoms with Gasteiger partial charge in [-0.05, 0) is 39.3 Å². The van der Waals surface area contributed by atoms with Gasteiger partial charge in [0.2, 0.25) is 0 Å². The number of hydrogen-bond donors (Lipinski definition) is 2. The Labute approximate surface area is 128 Å². The van der Waals surface area contributed by atoms with Crippen LogP contribution in [-0.2, 0) is 6.54 Å². The number of aliphatic hydroxyl groups excluding tert-OH is 1. The van der Waals surface area contributed by atoms with Gasteiger partial charge >= 0.3 is 0 Å². The number of halogens is 1. The van der Waals surface area contributed by atoms with Crippen LogP contribution in [0.15, 0.2) is 18.2 Å². The van der Waals surface area contributed by atoms with Crippen LogP contribution < -0.4 is 10.2 Å². The number of anilines is 1. The van der Waals surface area contributed by atoms with E-state index in [9.17, 15) is 9.50 Å². The summed E-state index contributed by atoms with van der Waals surface area (Å²) in [6.45, 7) is 10.3. The number of rotatable bonds is 8. The van der Waals surface area contributed by atoms with E-state index in [0.29, 0.717) is 18.7 Å². The van der Waals surface area contributed by atoms with Crippen LogP contribution in [0.3, 0.4) is 0 Å². The molecule has 1 rings (SSSR count). The van der Waals surface area contributed by atoms with Crippen molar-refractivity contribution in [2.24, 2.45) is 0 Å². The van der Waals surface area contributed by atoms with Crippen molar-refractivity contribution in [3.8, 4) is 0 Å². The lowest BCUT2D eigenvalue weighted by atomic mass is 10.1. The van der Waals surface area contributed by atoms with E-state index in [1.807, 2.05) is 6.07 Å². The number of nitrogens with one attached hydrogen (secondary N) is 1. The first-order valence-electron chi connectivity index (χ1n) is 7.77. The number of aliphatic hydroxyl groups is 1. The van der Waals surface area contributed by atoms with E-state index in [1.54, 1.807) is 6.07 Å². The second kappa shape index (κ2) is 8.35. The molecule has 4 heteroatoms. The molecule has 0 aliphatic carbocycles. The van der Waals surface area contributed by atoms with Crippen LogP contribution in [0.5, 0.6) is 0 Å². The molecule has 0 atom stereocenters. The van der Waals surface area contributed by atoms with E-state index in [0.717, 1.165) is 25.1 Å². The van der Waals surface area contributed by atoms with Gasteiger partial charge in [0.15, 0.2) is 0 Å². The highest BCUT2D eigenvalue weighted by atomic mass is 19.1. The lowest BCUT2D eigenvalue weighted by Crippen LogP contribution is -2.36. The highest BCUT2D eigenvalue weighted by Gasteiger charge is 2.17. The third-order valence-electron chi connectivity index (χ3n) is 3.38. The van der Waals surface area contributed by atoms with E-state index in [4.69, 9.17) is 0 Å². The normalized spacial score (nSPS) is 11.7. The highest BCUT2D eigenvalue weighted by Crippen LogP contribution is 2.24. The molecule has 1 aromatic carbocycles. The van der Waals surface area contributed by atoms with E-state index in [2.05, 4.69) is 37.9 Å². The lowest BCUT2D eigenvalue weighted by molar-refractivity contribution is 0.301. The van der Waals surface area contributed by atoms with Gasteiger partial charge < -0.3 is 15.3 Å². The summed E-state index contributed by atoms with van der Waals surface area (Å²) in [7, 11) is 0. The molecular weight excluding hydrogens is 267 g/mol. The van der Waals surface area contributed by atoms with Gasteiger partial charge in [-0.3, -0.25) is 0 Å². The zero-order valence-corrected chi connectivity index (χ0v) is 13.7. The number of unbranched alkanes of at least 4 members (excludes halogenated alkanes) is 1. The van der Waals surface area contributed by atoms with Gasteiger partial charge in [0.05, 0.1) is 6.61 Å². The first kappa shape index (κ1) is 17.9. The number of nitrogens with zero attached hydrogens (tertiary/aromatic N) is 1. The van der Waals surface area contributed by atoms with Crippen molar-refractivity contribution < 1.29 is 9.50 Å². The molecule has 2 N–H and O–H groups in total. The molecule has 0 heterocycles. The van der Waals surface area contributed by atoms with Gasteiger partial charge in [-0.15, -0.1) is 0 Å². The van der Waals surface area contributed by atoms with Crippen molar-refractivity contribution in [3.05, 3.63) is 29.6 Å². The zero-order chi connectivity index (χ0) is 15.9. The monoisotopic (exact) mass is 296 g/mol. The molecule has 21 heavy (non-hydrogen) atoms. The molecule has 0 aliphatic heterocycles. The minimum atomic E-state index is -0.191. The van der Waals surface area contributed by atoms with Crippen molar-refractivity contribution in [2.45, 2.75) is 52.6 Å². The molecule has 3 nitrogen and oxygen atoms in total. The quantitative estimate of drug-likeness (QED) is 0.772. The molecule has 0 saturated carbocycles. The van der Waals surface area contributed by atoms with Crippen molar-refractivity contribution in [2.75, 3.05) is 24.6 Å². The van der Waals surface area contributed by atoms with Crippen molar-refractivity contribution in [3.63, 3.8) is 0 Å². The number of benzene rings is 1. The Hall–Kier alpha value is -1.13. The molecule has 0 radical (unpaired) electrons. The molecule has 0 spiro atoms. The maximum atomic E-state index is 14.2. The van der Waals surface area contributed by atoms with Gasteiger partial charge in [-0.25, -0.2) is 4.39 Å². The van der Waals surface area contributed by atoms with Crippen LogP contribution in [0, 0.1) is 5.82 Å². The summed E-state index contributed by atoms with van der Waals surface area (Å²) < 4.78 is 14.2. The molecule has 120 valence electrons. The number of hydrogen-bond acceptors (Lipinski definition) is 3. The van der Waals surface area contributed by atoms with Crippen LogP contribution >= 0.6 is 0 Å². The maximum Gasteiger partial charge on any atom is 0.129 e. The van der Waals surface area contributed by atoms with Crippen LogP contribution in [-0.4, -0.2) is 30.3 Å². The average molecular weight is 296 g/mol. The third kappa shape index (κ3) is 6.02. The van der Waals surface area contributed by atoms with Gasteiger partial charge in [-0.1, -0.05) is 19.4 Å². The summed E-state index contributed by atoms with van der Waals surface area (Å²) in [5.41, 5.74) is 1.50. The van der Waals surface area contributed by atoms with Crippen molar-refractivity contribution in [1.82, 2.24) is 5.32 Å². The van der Waals surface area contributed by atoms with Gasteiger partial charge in [-0.2, -0.15) is 0 Å². The van der Waals surface area contributed by atoms with E-state index in [1.165, 1.54) is 6.07 Å². The molecular formula is C17H29FN2O. The van der Waals surface area contributed by atoms with Crippen LogP contribution in [0.1, 0.15) is 46.1 Å². The Morgan fingerprint density at radius 3 is 2.52 bits per heavy atom. The smallest absolute Gasteiger partial charge is 0.129 e. The second-order valence-corrected chi connectivity index (χ2v) is 6.41. The Balaban J connectivity index is 2.99. The largest absolute Gasteiger partial charge is 0.395 e. The lowest BCUT2D eigenvalue weighted by Gasteiger charge is -2.28. The second-order valence-electron chi connectivity index (χ2n) is 6.41.